The summed E-state index contributed by atoms with van der Waals surface area (Å²) in [7, 11) is 1.70. The van der Waals surface area contributed by atoms with E-state index in [0.717, 1.165) is 43.9 Å². The SMILES string of the molecule is COc1ccc2c(c1)C(N1CCn3cc(O)c(=O)cc3C1)CCC2. The van der Waals surface area contributed by atoms with Crippen molar-refractivity contribution in [3.63, 3.8) is 0 Å². The molecule has 5 nitrogen and oxygen atoms in total. The molecule has 126 valence electrons. The third-order valence-electron chi connectivity index (χ3n) is 5.27. The molecule has 4 rings (SSSR count). The molecule has 1 aliphatic heterocycles. The van der Waals surface area contributed by atoms with Gasteiger partial charge in [0.05, 0.1) is 13.3 Å². The van der Waals surface area contributed by atoms with Crippen molar-refractivity contribution in [1.29, 1.82) is 0 Å². The molecular weight excluding hydrogens is 304 g/mol. The molecule has 0 spiro atoms. The number of fused-ring (bicyclic) bond motifs is 2. The zero-order chi connectivity index (χ0) is 16.7. The molecule has 0 saturated carbocycles. The summed E-state index contributed by atoms with van der Waals surface area (Å²) in [6.07, 6.45) is 4.99. The molecule has 5 heteroatoms. The van der Waals surface area contributed by atoms with Gasteiger partial charge >= 0.3 is 0 Å². The lowest BCUT2D eigenvalue weighted by Crippen LogP contribution is -2.38. The third-order valence-corrected chi connectivity index (χ3v) is 5.27. The van der Waals surface area contributed by atoms with E-state index in [1.165, 1.54) is 17.5 Å². The van der Waals surface area contributed by atoms with Crippen LogP contribution in [0.1, 0.15) is 35.7 Å². The average molecular weight is 326 g/mol. The molecule has 0 bridgehead atoms. The predicted octanol–water partition coefficient (Wildman–Crippen LogP) is 2.46. The summed E-state index contributed by atoms with van der Waals surface area (Å²) in [5.41, 5.74) is 3.43. The van der Waals surface area contributed by atoms with Crippen LogP contribution in [0.15, 0.2) is 35.3 Å². The van der Waals surface area contributed by atoms with Crippen LogP contribution in [0.4, 0.5) is 0 Å². The van der Waals surface area contributed by atoms with Crippen LogP contribution < -0.4 is 10.2 Å². The Kier molecular flexibility index (Phi) is 3.81. The normalized spacial score (nSPS) is 20.3. The highest BCUT2D eigenvalue weighted by molar-refractivity contribution is 5.39. The Morgan fingerprint density at radius 1 is 1.25 bits per heavy atom. The van der Waals surface area contributed by atoms with E-state index in [-0.39, 0.29) is 11.2 Å². The largest absolute Gasteiger partial charge is 0.503 e. The molecule has 1 unspecified atom stereocenters. The van der Waals surface area contributed by atoms with Crippen LogP contribution in [0.2, 0.25) is 0 Å². The summed E-state index contributed by atoms with van der Waals surface area (Å²) in [5.74, 6) is 0.735. The molecule has 1 aromatic carbocycles. The van der Waals surface area contributed by atoms with Gasteiger partial charge in [0.25, 0.3) is 0 Å². The summed E-state index contributed by atoms with van der Waals surface area (Å²) in [6, 6.07) is 8.31. The predicted molar refractivity (Wildman–Crippen MR) is 91.4 cm³/mol. The van der Waals surface area contributed by atoms with Crippen LogP contribution in [0.25, 0.3) is 0 Å². The number of rotatable bonds is 2. The lowest BCUT2D eigenvalue weighted by molar-refractivity contribution is 0.139. The molecule has 0 fully saturated rings. The fraction of sp³-hybridized carbons (Fsp3) is 0.421. The van der Waals surface area contributed by atoms with E-state index in [1.54, 1.807) is 19.4 Å². The summed E-state index contributed by atoms with van der Waals surface area (Å²) >= 11 is 0. The highest BCUT2D eigenvalue weighted by Gasteiger charge is 2.29. The van der Waals surface area contributed by atoms with Crippen molar-refractivity contribution in [2.75, 3.05) is 13.7 Å². The average Bonchev–Trinajstić information content (AvgIpc) is 2.61. The number of aryl methyl sites for hydroxylation is 1. The van der Waals surface area contributed by atoms with Crippen molar-refractivity contribution in [2.45, 2.75) is 38.4 Å². The van der Waals surface area contributed by atoms with Crippen molar-refractivity contribution >= 4 is 0 Å². The molecule has 1 N–H and O–H groups in total. The maximum Gasteiger partial charge on any atom is 0.223 e. The number of methoxy groups -OCH3 is 1. The van der Waals surface area contributed by atoms with Crippen LogP contribution >= 0.6 is 0 Å². The monoisotopic (exact) mass is 326 g/mol. The van der Waals surface area contributed by atoms with E-state index in [2.05, 4.69) is 17.0 Å². The van der Waals surface area contributed by atoms with Crippen LogP contribution in [-0.2, 0) is 19.5 Å². The first-order valence-corrected chi connectivity index (χ1v) is 8.49. The summed E-state index contributed by atoms with van der Waals surface area (Å²) in [6.45, 7) is 2.44. The highest BCUT2D eigenvalue weighted by Crippen LogP contribution is 2.37. The van der Waals surface area contributed by atoms with Gasteiger partial charge in [-0.05, 0) is 42.5 Å². The number of aromatic nitrogens is 1. The molecule has 2 heterocycles. The fourth-order valence-electron chi connectivity index (χ4n) is 3.99. The Labute approximate surface area is 141 Å². The van der Waals surface area contributed by atoms with Gasteiger partial charge in [0, 0.05) is 37.4 Å². The number of ether oxygens (including phenoxy) is 1. The zero-order valence-electron chi connectivity index (χ0n) is 13.9. The second kappa shape index (κ2) is 5.98. The van der Waals surface area contributed by atoms with Gasteiger partial charge in [-0.25, -0.2) is 0 Å². The standard InChI is InChI=1S/C19H22N2O3/c1-24-15-6-5-13-3-2-4-17(16(13)10-15)21-8-7-20-12-19(23)18(22)9-14(20)11-21/h5-6,9-10,12,17,23H,2-4,7-8,11H2,1H3. The van der Waals surface area contributed by atoms with Crippen molar-refractivity contribution in [3.8, 4) is 11.5 Å². The van der Waals surface area contributed by atoms with E-state index >= 15 is 0 Å². The number of hydrogen-bond acceptors (Lipinski definition) is 4. The molecule has 0 amide bonds. The molecule has 0 saturated heterocycles. The van der Waals surface area contributed by atoms with Gasteiger partial charge in [-0.1, -0.05) is 6.07 Å². The lowest BCUT2D eigenvalue weighted by atomic mass is 9.86. The summed E-state index contributed by atoms with van der Waals surface area (Å²) < 4.78 is 7.40. The van der Waals surface area contributed by atoms with Crippen molar-refractivity contribution in [3.05, 3.63) is 57.5 Å². The van der Waals surface area contributed by atoms with Gasteiger partial charge in [-0.2, -0.15) is 0 Å². The van der Waals surface area contributed by atoms with Crippen LogP contribution in [-0.4, -0.2) is 28.2 Å². The smallest absolute Gasteiger partial charge is 0.223 e. The van der Waals surface area contributed by atoms with E-state index in [0.29, 0.717) is 6.04 Å². The minimum atomic E-state index is -0.297. The van der Waals surface area contributed by atoms with E-state index in [4.69, 9.17) is 4.74 Å². The highest BCUT2D eigenvalue weighted by atomic mass is 16.5. The second-order valence-electron chi connectivity index (χ2n) is 6.65. The van der Waals surface area contributed by atoms with Crippen LogP contribution in [0.5, 0.6) is 11.5 Å². The molecule has 1 aliphatic carbocycles. The lowest BCUT2D eigenvalue weighted by Gasteiger charge is -2.39. The Morgan fingerprint density at radius 3 is 2.96 bits per heavy atom. The maximum atomic E-state index is 11.8. The van der Waals surface area contributed by atoms with E-state index in [1.807, 2.05) is 10.6 Å². The molecule has 2 aromatic rings. The molecule has 1 atom stereocenters. The van der Waals surface area contributed by atoms with Gasteiger partial charge in [0.2, 0.25) is 5.43 Å². The topological polar surface area (TPSA) is 54.7 Å². The van der Waals surface area contributed by atoms with Gasteiger partial charge < -0.3 is 14.4 Å². The minimum absolute atomic E-state index is 0.167. The third kappa shape index (κ3) is 2.59. The minimum Gasteiger partial charge on any atom is -0.503 e. The summed E-state index contributed by atoms with van der Waals surface area (Å²) in [4.78, 5) is 14.2. The van der Waals surface area contributed by atoms with Crippen LogP contribution in [0.3, 0.4) is 0 Å². The molecule has 24 heavy (non-hydrogen) atoms. The van der Waals surface area contributed by atoms with Crippen LogP contribution in [0, 0.1) is 0 Å². The van der Waals surface area contributed by atoms with Gasteiger partial charge in [-0.15, -0.1) is 0 Å². The first kappa shape index (κ1) is 15.3. The number of pyridine rings is 1. The van der Waals surface area contributed by atoms with Crippen molar-refractivity contribution in [1.82, 2.24) is 9.47 Å². The number of nitrogens with zero attached hydrogens (tertiary/aromatic N) is 2. The van der Waals surface area contributed by atoms with E-state index in [9.17, 15) is 9.90 Å². The van der Waals surface area contributed by atoms with Gasteiger partial charge in [-0.3, -0.25) is 9.69 Å². The number of aromatic hydroxyl groups is 1. The first-order valence-electron chi connectivity index (χ1n) is 8.49. The Bertz CT molecular complexity index is 828. The number of hydrogen-bond donors (Lipinski definition) is 1. The Balaban J connectivity index is 1.66. The molecular formula is C19H22N2O3. The molecule has 0 radical (unpaired) electrons. The summed E-state index contributed by atoms with van der Waals surface area (Å²) in [5, 5.41) is 9.62. The Morgan fingerprint density at radius 2 is 2.12 bits per heavy atom. The second-order valence-corrected chi connectivity index (χ2v) is 6.65. The van der Waals surface area contributed by atoms with E-state index < -0.39 is 0 Å². The number of benzene rings is 1. The van der Waals surface area contributed by atoms with Gasteiger partial charge in [0.1, 0.15) is 5.75 Å². The maximum absolute atomic E-state index is 11.8. The van der Waals surface area contributed by atoms with Crippen molar-refractivity contribution in [2.24, 2.45) is 0 Å². The molecule has 2 aliphatic rings. The van der Waals surface area contributed by atoms with Gasteiger partial charge in [0.15, 0.2) is 5.75 Å². The first-order chi connectivity index (χ1) is 11.7. The Hall–Kier alpha value is -2.27. The fourth-order valence-corrected chi connectivity index (χ4v) is 3.99. The molecule has 1 aromatic heterocycles. The zero-order valence-corrected chi connectivity index (χ0v) is 13.9. The van der Waals surface area contributed by atoms with Crippen molar-refractivity contribution < 1.29 is 9.84 Å². The quantitative estimate of drug-likeness (QED) is 0.921.